The highest BCUT2D eigenvalue weighted by molar-refractivity contribution is 5.94. The summed E-state index contributed by atoms with van der Waals surface area (Å²) in [7, 11) is 3.25. The number of ether oxygens (including phenoxy) is 2. The van der Waals surface area contributed by atoms with Crippen LogP contribution in [0.2, 0.25) is 0 Å². The number of rotatable bonds is 3. The number of benzene rings is 1. The summed E-state index contributed by atoms with van der Waals surface area (Å²) >= 11 is 0. The second-order valence-corrected chi connectivity index (χ2v) is 7.21. The van der Waals surface area contributed by atoms with Crippen LogP contribution in [0.15, 0.2) is 18.2 Å². The fraction of sp³-hybridized carbons (Fsp3) is 0.526. The van der Waals surface area contributed by atoms with Gasteiger partial charge in [0, 0.05) is 50.9 Å². The van der Waals surface area contributed by atoms with Crippen LogP contribution in [0, 0.1) is 5.92 Å². The molecule has 0 radical (unpaired) electrons. The van der Waals surface area contributed by atoms with E-state index in [0.29, 0.717) is 37.4 Å². The Balaban J connectivity index is 1.91. The van der Waals surface area contributed by atoms with Gasteiger partial charge in [0.15, 0.2) is 6.10 Å². The van der Waals surface area contributed by atoms with Crippen molar-refractivity contribution in [3.05, 3.63) is 29.3 Å². The van der Waals surface area contributed by atoms with E-state index in [9.17, 15) is 14.4 Å². The molecule has 0 aliphatic carbocycles. The Morgan fingerprint density at radius 2 is 1.93 bits per heavy atom. The lowest BCUT2D eigenvalue weighted by Gasteiger charge is -2.30. The van der Waals surface area contributed by atoms with E-state index >= 15 is 0 Å². The summed E-state index contributed by atoms with van der Waals surface area (Å²) in [5, 5.41) is 8.86. The number of nitrogens with zero attached hydrogens (tertiary/aromatic N) is 2. The van der Waals surface area contributed by atoms with Gasteiger partial charge >= 0.3 is 0 Å². The molecule has 1 atom stereocenters. The first-order chi connectivity index (χ1) is 13.4. The zero-order chi connectivity index (χ0) is 20.3. The first-order valence-electron chi connectivity index (χ1n) is 9.22. The maximum absolute atomic E-state index is 13.1. The predicted octanol–water partition coefficient (Wildman–Crippen LogP) is 0.410. The van der Waals surface area contributed by atoms with Gasteiger partial charge in [0.1, 0.15) is 5.75 Å². The lowest BCUT2D eigenvalue weighted by molar-refractivity contribution is -0.143. The van der Waals surface area contributed by atoms with Crippen LogP contribution in [0.3, 0.4) is 0 Å². The van der Waals surface area contributed by atoms with E-state index in [4.69, 9.17) is 14.7 Å². The number of amides is 3. The molecule has 2 aliphatic rings. The molecule has 1 saturated heterocycles. The van der Waals surface area contributed by atoms with Gasteiger partial charge in [0.25, 0.3) is 11.8 Å². The van der Waals surface area contributed by atoms with Gasteiger partial charge in [0.05, 0.1) is 6.54 Å². The lowest BCUT2D eigenvalue weighted by atomic mass is 9.98. The van der Waals surface area contributed by atoms with Gasteiger partial charge < -0.3 is 19.3 Å². The number of hydrogen-bond acceptors (Lipinski definition) is 6. The highest BCUT2D eigenvalue weighted by atomic mass is 16.5. The SMILES string of the molecule is CN(C)C(=O)[C@@H]1CN(C(=O)C2CCOCC2)Cc2ccc(C(=O)NO)cc2O1. The normalized spacial score (nSPS) is 19.8. The van der Waals surface area contributed by atoms with E-state index in [1.807, 2.05) is 0 Å². The molecule has 0 spiro atoms. The Bertz CT molecular complexity index is 760. The monoisotopic (exact) mass is 391 g/mol. The second-order valence-electron chi connectivity index (χ2n) is 7.21. The minimum Gasteiger partial charge on any atom is -0.478 e. The Hall–Kier alpha value is -2.65. The van der Waals surface area contributed by atoms with Crippen LogP contribution in [0.1, 0.15) is 28.8 Å². The molecule has 9 nitrogen and oxygen atoms in total. The minimum atomic E-state index is -0.882. The highest BCUT2D eigenvalue weighted by Gasteiger charge is 2.35. The molecule has 152 valence electrons. The summed E-state index contributed by atoms with van der Waals surface area (Å²) in [5.74, 6) is -0.752. The summed E-state index contributed by atoms with van der Waals surface area (Å²) in [4.78, 5) is 40.5. The van der Waals surface area contributed by atoms with Crippen molar-refractivity contribution in [3.8, 4) is 5.75 Å². The lowest BCUT2D eigenvalue weighted by Crippen LogP contribution is -2.47. The van der Waals surface area contributed by atoms with Crippen molar-refractivity contribution in [3.63, 3.8) is 0 Å². The van der Waals surface area contributed by atoms with Gasteiger partial charge in [-0.2, -0.15) is 0 Å². The quantitative estimate of drug-likeness (QED) is 0.571. The average Bonchev–Trinajstić information content (AvgIpc) is 2.91. The second kappa shape index (κ2) is 8.57. The molecule has 0 aromatic heterocycles. The maximum atomic E-state index is 13.1. The van der Waals surface area contributed by atoms with Gasteiger partial charge in [-0.1, -0.05) is 6.07 Å². The molecule has 2 aliphatic heterocycles. The summed E-state index contributed by atoms with van der Waals surface area (Å²) < 4.78 is 11.3. The Labute approximate surface area is 163 Å². The zero-order valence-electron chi connectivity index (χ0n) is 16.0. The molecule has 0 bridgehead atoms. The van der Waals surface area contributed by atoms with Crippen LogP contribution in [0.5, 0.6) is 5.75 Å². The van der Waals surface area contributed by atoms with Gasteiger partial charge in [-0.3, -0.25) is 19.6 Å². The number of nitrogens with one attached hydrogen (secondary N) is 1. The molecule has 1 aromatic carbocycles. The number of hydroxylamine groups is 1. The summed E-state index contributed by atoms with van der Waals surface area (Å²) in [6, 6.07) is 4.69. The number of fused-ring (bicyclic) bond motifs is 1. The van der Waals surface area contributed by atoms with Gasteiger partial charge in [-0.25, -0.2) is 5.48 Å². The minimum absolute atomic E-state index is 0.0199. The molecule has 0 saturated carbocycles. The smallest absolute Gasteiger partial charge is 0.274 e. The zero-order valence-corrected chi connectivity index (χ0v) is 16.0. The molecule has 3 amide bonds. The molecule has 28 heavy (non-hydrogen) atoms. The van der Waals surface area contributed by atoms with Crippen LogP contribution in [0.4, 0.5) is 0 Å². The average molecular weight is 391 g/mol. The fourth-order valence-electron chi connectivity index (χ4n) is 3.45. The van der Waals surface area contributed by atoms with Crippen molar-refractivity contribution in [2.24, 2.45) is 5.92 Å². The molecular formula is C19H25N3O6. The topological polar surface area (TPSA) is 108 Å². The fourth-order valence-corrected chi connectivity index (χ4v) is 3.45. The van der Waals surface area contributed by atoms with Gasteiger partial charge in [-0.15, -0.1) is 0 Å². The summed E-state index contributed by atoms with van der Waals surface area (Å²) in [6.07, 6.45) is 0.433. The third-order valence-corrected chi connectivity index (χ3v) is 5.05. The Morgan fingerprint density at radius 1 is 1.21 bits per heavy atom. The van der Waals surface area contributed by atoms with Crippen molar-refractivity contribution >= 4 is 17.7 Å². The molecule has 2 N–H and O–H groups in total. The van der Waals surface area contributed by atoms with Crippen molar-refractivity contribution in [2.45, 2.75) is 25.5 Å². The van der Waals surface area contributed by atoms with E-state index in [2.05, 4.69) is 0 Å². The third-order valence-electron chi connectivity index (χ3n) is 5.05. The van der Waals surface area contributed by atoms with E-state index < -0.39 is 12.0 Å². The maximum Gasteiger partial charge on any atom is 0.274 e. The van der Waals surface area contributed by atoms with E-state index in [-0.39, 0.29) is 36.4 Å². The molecule has 1 aromatic rings. The molecular weight excluding hydrogens is 366 g/mol. The van der Waals surface area contributed by atoms with Crippen LogP contribution >= 0.6 is 0 Å². The van der Waals surface area contributed by atoms with Gasteiger partial charge in [-0.05, 0) is 25.0 Å². The number of carbonyl (C=O) groups excluding carboxylic acids is 3. The standard InChI is InChI=1S/C19H25N3O6/c1-21(2)19(25)16-11-22(18(24)12-5-7-27-8-6-12)10-14-4-3-13(17(23)20-26)9-15(14)28-16/h3-4,9,12,16,26H,5-8,10-11H2,1-2H3,(H,20,23)/t16-/m0/s1. The molecule has 3 rings (SSSR count). The summed E-state index contributed by atoms with van der Waals surface area (Å²) in [6.45, 7) is 1.52. The number of likely N-dealkylation sites (N-methyl/N-ethyl adjacent to an activating group) is 1. The Morgan fingerprint density at radius 3 is 2.57 bits per heavy atom. The number of hydrogen-bond donors (Lipinski definition) is 2. The largest absolute Gasteiger partial charge is 0.478 e. The molecule has 9 heteroatoms. The first-order valence-corrected chi connectivity index (χ1v) is 9.22. The predicted molar refractivity (Wildman–Crippen MR) is 97.8 cm³/mol. The molecule has 1 fully saturated rings. The van der Waals surface area contributed by atoms with Crippen molar-refractivity contribution < 1.29 is 29.1 Å². The highest BCUT2D eigenvalue weighted by Crippen LogP contribution is 2.29. The van der Waals surface area contributed by atoms with Crippen LogP contribution in [0.25, 0.3) is 0 Å². The van der Waals surface area contributed by atoms with Crippen molar-refractivity contribution in [2.75, 3.05) is 33.9 Å². The van der Waals surface area contributed by atoms with E-state index in [0.717, 1.165) is 0 Å². The summed E-state index contributed by atoms with van der Waals surface area (Å²) in [5.41, 5.74) is 2.47. The first kappa shape index (κ1) is 20.1. The van der Waals surface area contributed by atoms with Crippen molar-refractivity contribution in [1.82, 2.24) is 15.3 Å². The molecule has 0 unspecified atom stereocenters. The van der Waals surface area contributed by atoms with Gasteiger partial charge in [0.2, 0.25) is 5.91 Å². The van der Waals surface area contributed by atoms with E-state index in [1.165, 1.54) is 11.0 Å². The van der Waals surface area contributed by atoms with Crippen LogP contribution in [-0.2, 0) is 20.9 Å². The molecule has 2 heterocycles. The van der Waals surface area contributed by atoms with Crippen LogP contribution in [-0.4, -0.2) is 72.7 Å². The third kappa shape index (κ3) is 4.26. The van der Waals surface area contributed by atoms with Crippen molar-refractivity contribution in [1.29, 1.82) is 0 Å². The van der Waals surface area contributed by atoms with Crippen LogP contribution < -0.4 is 10.2 Å². The van der Waals surface area contributed by atoms with E-state index in [1.54, 1.807) is 36.6 Å². The Kier molecular flexibility index (Phi) is 6.15. The number of carbonyl (C=O) groups is 3.